The summed E-state index contributed by atoms with van der Waals surface area (Å²) in [4.78, 5) is 10.8. The second kappa shape index (κ2) is 9.26. The average molecular weight is 186 g/mol. The zero-order valence-electron chi connectivity index (χ0n) is 8.25. The molecule has 0 saturated carbocycles. The third-order valence-corrected chi connectivity index (χ3v) is 1.44. The van der Waals surface area contributed by atoms with Crippen molar-refractivity contribution in [2.24, 2.45) is 0 Å². The van der Waals surface area contributed by atoms with Crippen molar-refractivity contribution in [2.45, 2.75) is 26.2 Å². The Kier molecular flexibility index (Phi) is 8.67. The van der Waals surface area contributed by atoms with Gasteiger partial charge >= 0.3 is 5.97 Å². The molecule has 0 aromatic carbocycles. The molecule has 0 fully saturated rings. The predicted octanol–water partition coefficient (Wildman–Crippen LogP) is 1.92. The van der Waals surface area contributed by atoms with Crippen LogP contribution in [0.5, 0.6) is 0 Å². The van der Waals surface area contributed by atoms with Crippen LogP contribution < -0.4 is 0 Å². The van der Waals surface area contributed by atoms with Crippen LogP contribution in [0.1, 0.15) is 26.2 Å². The highest BCUT2D eigenvalue weighted by molar-refractivity contribution is 5.70. The van der Waals surface area contributed by atoms with Crippen LogP contribution in [0.2, 0.25) is 0 Å². The maximum atomic E-state index is 10.8. The first kappa shape index (κ1) is 12.2. The van der Waals surface area contributed by atoms with Gasteiger partial charge in [0.25, 0.3) is 0 Å². The zero-order chi connectivity index (χ0) is 9.94. The van der Waals surface area contributed by atoms with Crippen LogP contribution in [-0.4, -0.2) is 25.8 Å². The molecule has 0 spiro atoms. The van der Waals surface area contributed by atoms with Gasteiger partial charge in [0.15, 0.2) is 0 Å². The quantitative estimate of drug-likeness (QED) is 0.330. The highest BCUT2D eigenvalue weighted by Crippen LogP contribution is 1.90. The fourth-order valence-corrected chi connectivity index (χ4v) is 0.740. The van der Waals surface area contributed by atoms with Crippen molar-refractivity contribution in [1.82, 2.24) is 0 Å². The minimum Gasteiger partial charge on any atom is -0.463 e. The molecule has 0 N–H and O–H groups in total. The largest absolute Gasteiger partial charge is 0.463 e. The van der Waals surface area contributed by atoms with E-state index in [0.717, 1.165) is 19.4 Å². The highest BCUT2D eigenvalue weighted by Gasteiger charge is 1.97. The number of carbonyl (C=O) groups excluding carboxylic acids is 1. The van der Waals surface area contributed by atoms with Gasteiger partial charge in [-0.2, -0.15) is 0 Å². The predicted molar refractivity (Wildman–Crippen MR) is 51.5 cm³/mol. The van der Waals surface area contributed by atoms with E-state index in [1.54, 1.807) is 0 Å². The number of ether oxygens (including phenoxy) is 2. The molecule has 0 aromatic heterocycles. The van der Waals surface area contributed by atoms with Crippen LogP contribution in [0.3, 0.4) is 0 Å². The lowest BCUT2D eigenvalue weighted by Crippen LogP contribution is -2.10. The number of carbonyl (C=O) groups is 1. The van der Waals surface area contributed by atoms with Crippen molar-refractivity contribution in [3.8, 4) is 0 Å². The summed E-state index contributed by atoms with van der Waals surface area (Å²) in [6.45, 7) is 7.12. The van der Waals surface area contributed by atoms with Gasteiger partial charge in [-0.05, 0) is 6.42 Å². The van der Waals surface area contributed by atoms with E-state index >= 15 is 0 Å². The topological polar surface area (TPSA) is 35.5 Å². The molecular formula is C10H18O3. The van der Waals surface area contributed by atoms with Crippen LogP contribution in [0.25, 0.3) is 0 Å². The Labute approximate surface area is 79.7 Å². The molecule has 0 aliphatic heterocycles. The van der Waals surface area contributed by atoms with E-state index in [9.17, 15) is 4.79 Å². The third kappa shape index (κ3) is 9.08. The van der Waals surface area contributed by atoms with Crippen molar-refractivity contribution >= 4 is 5.97 Å². The fourth-order valence-electron chi connectivity index (χ4n) is 0.740. The van der Waals surface area contributed by atoms with Gasteiger partial charge in [0.2, 0.25) is 0 Å². The molecule has 0 aliphatic carbocycles. The molecule has 0 atom stereocenters. The van der Waals surface area contributed by atoms with Crippen molar-refractivity contribution in [3.63, 3.8) is 0 Å². The summed E-state index contributed by atoms with van der Waals surface area (Å²) < 4.78 is 10.0. The number of hydrogen-bond donors (Lipinski definition) is 0. The Morgan fingerprint density at radius 2 is 2.15 bits per heavy atom. The van der Waals surface area contributed by atoms with Crippen LogP contribution in [0, 0.1) is 0 Å². The standard InChI is InChI=1S/C10H18O3/c1-3-5-7-12-8-9-13-10(11)6-4-2/h4H,2-3,5-9H2,1H3. The minimum absolute atomic E-state index is 0.242. The molecule has 3 heteroatoms. The molecule has 0 aromatic rings. The van der Waals surface area contributed by atoms with Gasteiger partial charge in [-0.3, -0.25) is 4.79 Å². The van der Waals surface area contributed by atoms with E-state index in [0.29, 0.717) is 13.2 Å². The van der Waals surface area contributed by atoms with Crippen LogP contribution in [0.4, 0.5) is 0 Å². The molecule has 0 bridgehead atoms. The Balaban J connectivity index is 3.06. The van der Waals surface area contributed by atoms with Crippen molar-refractivity contribution in [3.05, 3.63) is 12.7 Å². The van der Waals surface area contributed by atoms with Gasteiger partial charge in [0.05, 0.1) is 13.0 Å². The highest BCUT2D eigenvalue weighted by atomic mass is 16.6. The lowest BCUT2D eigenvalue weighted by Gasteiger charge is -2.03. The third-order valence-electron chi connectivity index (χ3n) is 1.44. The molecular weight excluding hydrogens is 168 g/mol. The van der Waals surface area contributed by atoms with Crippen LogP contribution in [0.15, 0.2) is 12.7 Å². The maximum Gasteiger partial charge on any atom is 0.309 e. The van der Waals surface area contributed by atoms with E-state index in [1.165, 1.54) is 6.08 Å². The second-order valence-corrected chi connectivity index (χ2v) is 2.68. The van der Waals surface area contributed by atoms with Gasteiger partial charge in [0, 0.05) is 6.61 Å². The Morgan fingerprint density at radius 3 is 2.77 bits per heavy atom. The molecule has 76 valence electrons. The van der Waals surface area contributed by atoms with Gasteiger partial charge in [-0.15, -0.1) is 6.58 Å². The Hall–Kier alpha value is -0.830. The lowest BCUT2D eigenvalue weighted by molar-refractivity contribution is -0.144. The molecule has 0 unspecified atom stereocenters. The first-order valence-electron chi connectivity index (χ1n) is 4.65. The average Bonchev–Trinajstić information content (AvgIpc) is 2.11. The van der Waals surface area contributed by atoms with Gasteiger partial charge in [-0.25, -0.2) is 0 Å². The summed E-state index contributed by atoms with van der Waals surface area (Å²) in [7, 11) is 0. The minimum atomic E-state index is -0.242. The molecule has 13 heavy (non-hydrogen) atoms. The van der Waals surface area contributed by atoms with E-state index in [2.05, 4.69) is 13.5 Å². The summed E-state index contributed by atoms with van der Waals surface area (Å²) in [5.74, 6) is -0.242. The number of unbranched alkanes of at least 4 members (excludes halogenated alkanes) is 1. The summed E-state index contributed by atoms with van der Waals surface area (Å²) in [5, 5.41) is 0. The summed E-state index contributed by atoms with van der Waals surface area (Å²) in [6, 6.07) is 0. The van der Waals surface area contributed by atoms with E-state index < -0.39 is 0 Å². The Morgan fingerprint density at radius 1 is 1.38 bits per heavy atom. The molecule has 0 heterocycles. The lowest BCUT2D eigenvalue weighted by atomic mass is 10.4. The monoisotopic (exact) mass is 186 g/mol. The van der Waals surface area contributed by atoms with E-state index in [1.807, 2.05) is 0 Å². The first-order chi connectivity index (χ1) is 6.31. The van der Waals surface area contributed by atoms with Gasteiger partial charge < -0.3 is 9.47 Å². The molecule has 3 nitrogen and oxygen atoms in total. The maximum absolute atomic E-state index is 10.8. The summed E-state index contributed by atoms with van der Waals surface area (Å²) >= 11 is 0. The first-order valence-corrected chi connectivity index (χ1v) is 4.65. The normalized spacial score (nSPS) is 9.62. The molecule has 0 rings (SSSR count). The number of rotatable bonds is 8. The van der Waals surface area contributed by atoms with Crippen LogP contribution >= 0.6 is 0 Å². The zero-order valence-corrected chi connectivity index (χ0v) is 8.25. The van der Waals surface area contributed by atoms with Gasteiger partial charge in [-0.1, -0.05) is 19.4 Å². The van der Waals surface area contributed by atoms with E-state index in [-0.39, 0.29) is 12.4 Å². The molecule has 0 aliphatic rings. The van der Waals surface area contributed by atoms with Crippen LogP contribution in [-0.2, 0) is 14.3 Å². The number of hydrogen-bond acceptors (Lipinski definition) is 3. The fraction of sp³-hybridized carbons (Fsp3) is 0.700. The number of esters is 1. The second-order valence-electron chi connectivity index (χ2n) is 2.68. The molecule has 0 amide bonds. The smallest absolute Gasteiger partial charge is 0.309 e. The van der Waals surface area contributed by atoms with Gasteiger partial charge in [0.1, 0.15) is 6.61 Å². The summed E-state index contributed by atoms with van der Waals surface area (Å²) in [6.07, 6.45) is 3.98. The summed E-state index contributed by atoms with van der Waals surface area (Å²) in [5.41, 5.74) is 0. The Bertz CT molecular complexity index is 143. The van der Waals surface area contributed by atoms with Crippen molar-refractivity contribution in [2.75, 3.05) is 19.8 Å². The van der Waals surface area contributed by atoms with Crippen molar-refractivity contribution < 1.29 is 14.3 Å². The molecule has 0 radical (unpaired) electrons. The van der Waals surface area contributed by atoms with Crippen molar-refractivity contribution in [1.29, 1.82) is 0 Å². The molecule has 0 saturated heterocycles. The van der Waals surface area contributed by atoms with E-state index in [4.69, 9.17) is 9.47 Å². The SMILES string of the molecule is C=CCC(=O)OCCOCCCC.